The van der Waals surface area contributed by atoms with Crippen LogP contribution in [0.4, 0.5) is 0 Å². The summed E-state index contributed by atoms with van der Waals surface area (Å²) in [6.45, 7) is 6.76. The van der Waals surface area contributed by atoms with Crippen molar-refractivity contribution >= 4 is 0 Å². The molecule has 12 heavy (non-hydrogen) atoms. The van der Waals surface area contributed by atoms with Crippen LogP contribution >= 0.6 is 0 Å². The van der Waals surface area contributed by atoms with Crippen molar-refractivity contribution in [1.29, 1.82) is 0 Å². The molecule has 0 aromatic rings. The molecular weight excluding hydrogens is 150 g/mol. The van der Waals surface area contributed by atoms with Crippen molar-refractivity contribution in [3.05, 3.63) is 0 Å². The lowest BCUT2D eigenvalue weighted by Gasteiger charge is -2.37. The molecule has 1 aliphatic rings. The van der Waals surface area contributed by atoms with Gasteiger partial charge in [0.2, 0.25) is 0 Å². The fourth-order valence-corrected chi connectivity index (χ4v) is 2.12. The first-order chi connectivity index (χ1) is 5.68. The van der Waals surface area contributed by atoms with Gasteiger partial charge in [-0.05, 0) is 38.3 Å². The van der Waals surface area contributed by atoms with Crippen molar-refractivity contribution < 1.29 is 4.74 Å². The second-order valence-electron chi connectivity index (χ2n) is 4.24. The fourth-order valence-electron chi connectivity index (χ4n) is 2.12. The summed E-state index contributed by atoms with van der Waals surface area (Å²) >= 11 is 0. The van der Waals surface area contributed by atoms with Crippen molar-refractivity contribution in [3.8, 4) is 0 Å². The van der Waals surface area contributed by atoms with Gasteiger partial charge in [0.15, 0.2) is 0 Å². The summed E-state index contributed by atoms with van der Waals surface area (Å²) in [5, 5.41) is 3.37. The van der Waals surface area contributed by atoms with Crippen LogP contribution < -0.4 is 5.32 Å². The van der Waals surface area contributed by atoms with Crippen LogP contribution in [-0.2, 0) is 4.74 Å². The highest BCUT2D eigenvalue weighted by molar-refractivity contribution is 4.86. The molecule has 0 radical (unpaired) electrons. The SMILES string of the molecule is COC1(CC(C)C)CCNCC1. The van der Waals surface area contributed by atoms with Gasteiger partial charge in [-0.2, -0.15) is 0 Å². The van der Waals surface area contributed by atoms with Crippen LogP contribution in [0.25, 0.3) is 0 Å². The van der Waals surface area contributed by atoms with E-state index in [1.807, 2.05) is 7.11 Å². The maximum Gasteiger partial charge on any atom is 0.0705 e. The molecule has 2 heteroatoms. The van der Waals surface area contributed by atoms with Gasteiger partial charge in [-0.15, -0.1) is 0 Å². The highest BCUT2D eigenvalue weighted by atomic mass is 16.5. The molecule has 1 heterocycles. The van der Waals surface area contributed by atoms with Crippen LogP contribution in [0.5, 0.6) is 0 Å². The number of hydrogen-bond donors (Lipinski definition) is 1. The standard InChI is InChI=1S/C10H21NO/c1-9(2)8-10(12-3)4-6-11-7-5-10/h9,11H,4-8H2,1-3H3. The zero-order valence-corrected chi connectivity index (χ0v) is 8.52. The molecule has 0 amide bonds. The highest BCUT2D eigenvalue weighted by Gasteiger charge is 2.32. The van der Waals surface area contributed by atoms with Crippen molar-refractivity contribution in [2.75, 3.05) is 20.2 Å². The lowest BCUT2D eigenvalue weighted by atomic mass is 9.84. The smallest absolute Gasteiger partial charge is 0.0705 e. The average molecular weight is 171 g/mol. The molecule has 0 bridgehead atoms. The predicted octanol–water partition coefficient (Wildman–Crippen LogP) is 1.80. The van der Waals surface area contributed by atoms with Gasteiger partial charge < -0.3 is 10.1 Å². The Hall–Kier alpha value is -0.0800. The van der Waals surface area contributed by atoms with E-state index in [1.165, 1.54) is 19.3 Å². The number of rotatable bonds is 3. The second-order valence-corrected chi connectivity index (χ2v) is 4.24. The maximum atomic E-state index is 5.65. The van der Waals surface area contributed by atoms with E-state index in [4.69, 9.17) is 4.74 Å². The normalized spacial score (nSPS) is 23.0. The Morgan fingerprint density at radius 2 is 1.92 bits per heavy atom. The minimum atomic E-state index is 0.180. The summed E-state index contributed by atoms with van der Waals surface area (Å²) in [6.07, 6.45) is 3.54. The largest absolute Gasteiger partial charge is 0.378 e. The Morgan fingerprint density at radius 3 is 2.33 bits per heavy atom. The molecule has 0 aromatic carbocycles. The third-order valence-electron chi connectivity index (χ3n) is 2.73. The Kier molecular flexibility index (Phi) is 3.53. The molecule has 1 rings (SSSR count). The third kappa shape index (κ3) is 2.46. The number of nitrogens with one attached hydrogen (secondary N) is 1. The molecule has 0 aliphatic carbocycles. The average Bonchev–Trinajstić information content (AvgIpc) is 2.05. The summed E-state index contributed by atoms with van der Waals surface area (Å²) in [7, 11) is 1.85. The van der Waals surface area contributed by atoms with Gasteiger partial charge in [0.25, 0.3) is 0 Å². The molecule has 0 spiro atoms. The van der Waals surface area contributed by atoms with Gasteiger partial charge in [0.1, 0.15) is 0 Å². The van der Waals surface area contributed by atoms with Crippen molar-refractivity contribution in [3.63, 3.8) is 0 Å². The minimum absolute atomic E-state index is 0.180. The van der Waals surface area contributed by atoms with Gasteiger partial charge in [-0.1, -0.05) is 13.8 Å². The summed E-state index contributed by atoms with van der Waals surface area (Å²) in [4.78, 5) is 0. The minimum Gasteiger partial charge on any atom is -0.378 e. The van der Waals surface area contributed by atoms with Gasteiger partial charge >= 0.3 is 0 Å². The van der Waals surface area contributed by atoms with Gasteiger partial charge in [0, 0.05) is 7.11 Å². The molecule has 1 fully saturated rings. The first-order valence-electron chi connectivity index (χ1n) is 4.94. The van der Waals surface area contributed by atoms with Crippen LogP contribution in [-0.4, -0.2) is 25.8 Å². The van der Waals surface area contributed by atoms with E-state index in [2.05, 4.69) is 19.2 Å². The van der Waals surface area contributed by atoms with E-state index in [0.717, 1.165) is 19.0 Å². The van der Waals surface area contributed by atoms with E-state index in [0.29, 0.717) is 0 Å². The first kappa shape index (κ1) is 10.0. The van der Waals surface area contributed by atoms with Gasteiger partial charge in [0.05, 0.1) is 5.60 Å². The number of methoxy groups -OCH3 is 1. The zero-order valence-electron chi connectivity index (χ0n) is 8.52. The van der Waals surface area contributed by atoms with Crippen molar-refractivity contribution in [1.82, 2.24) is 5.32 Å². The topological polar surface area (TPSA) is 21.3 Å². The van der Waals surface area contributed by atoms with Crippen molar-refractivity contribution in [2.45, 2.75) is 38.7 Å². The number of ether oxygens (including phenoxy) is 1. The lowest BCUT2D eigenvalue weighted by Crippen LogP contribution is -2.44. The quantitative estimate of drug-likeness (QED) is 0.699. The van der Waals surface area contributed by atoms with Crippen LogP contribution in [0, 0.1) is 5.92 Å². The van der Waals surface area contributed by atoms with Crippen LogP contribution in [0.15, 0.2) is 0 Å². The summed E-state index contributed by atoms with van der Waals surface area (Å²) in [5.74, 6) is 0.739. The first-order valence-corrected chi connectivity index (χ1v) is 4.94. The Balaban J connectivity index is 2.48. The molecule has 0 unspecified atom stereocenters. The molecule has 0 aromatic heterocycles. The number of piperidine rings is 1. The molecular formula is C10H21NO. The van der Waals surface area contributed by atoms with Crippen molar-refractivity contribution in [2.24, 2.45) is 5.92 Å². The van der Waals surface area contributed by atoms with E-state index in [1.54, 1.807) is 0 Å². The summed E-state index contributed by atoms with van der Waals surface area (Å²) in [5.41, 5.74) is 0.180. The van der Waals surface area contributed by atoms with Crippen LogP contribution in [0.2, 0.25) is 0 Å². The highest BCUT2D eigenvalue weighted by Crippen LogP contribution is 2.29. The molecule has 72 valence electrons. The zero-order chi connectivity index (χ0) is 9.03. The van der Waals surface area contributed by atoms with Crippen LogP contribution in [0.1, 0.15) is 33.1 Å². The Bertz CT molecular complexity index is 128. The van der Waals surface area contributed by atoms with E-state index >= 15 is 0 Å². The third-order valence-corrected chi connectivity index (χ3v) is 2.73. The monoisotopic (exact) mass is 171 g/mol. The summed E-state index contributed by atoms with van der Waals surface area (Å²) < 4.78 is 5.65. The van der Waals surface area contributed by atoms with E-state index in [-0.39, 0.29) is 5.60 Å². The van der Waals surface area contributed by atoms with Gasteiger partial charge in [-0.3, -0.25) is 0 Å². The fraction of sp³-hybridized carbons (Fsp3) is 1.00. The number of hydrogen-bond acceptors (Lipinski definition) is 2. The van der Waals surface area contributed by atoms with Crippen LogP contribution in [0.3, 0.4) is 0 Å². The molecule has 2 nitrogen and oxygen atoms in total. The van der Waals surface area contributed by atoms with Gasteiger partial charge in [-0.25, -0.2) is 0 Å². The summed E-state index contributed by atoms with van der Waals surface area (Å²) in [6, 6.07) is 0. The predicted molar refractivity (Wildman–Crippen MR) is 51.3 cm³/mol. The Morgan fingerprint density at radius 1 is 1.33 bits per heavy atom. The Labute approximate surface area is 75.7 Å². The molecule has 1 N–H and O–H groups in total. The molecule has 0 atom stereocenters. The lowest BCUT2D eigenvalue weighted by molar-refractivity contribution is -0.0486. The van der Waals surface area contributed by atoms with E-state index in [9.17, 15) is 0 Å². The van der Waals surface area contributed by atoms with E-state index < -0.39 is 0 Å². The molecule has 1 aliphatic heterocycles. The second kappa shape index (κ2) is 4.24. The molecule has 1 saturated heterocycles. The molecule has 0 saturated carbocycles. The maximum absolute atomic E-state index is 5.65.